The van der Waals surface area contributed by atoms with Gasteiger partial charge in [-0.25, -0.2) is 18.7 Å². The van der Waals surface area contributed by atoms with Gasteiger partial charge in [0, 0.05) is 17.7 Å². The molecule has 1 saturated heterocycles. The molecule has 0 radical (unpaired) electrons. The van der Waals surface area contributed by atoms with Gasteiger partial charge in [-0.05, 0) is 32.6 Å². The number of hydrogen-bond acceptors (Lipinski definition) is 4. The Morgan fingerprint density at radius 1 is 1.30 bits per heavy atom. The molecule has 1 unspecified atom stereocenters. The highest BCUT2D eigenvalue weighted by Gasteiger charge is 2.46. The first-order valence-electron chi connectivity index (χ1n) is 7.12. The van der Waals surface area contributed by atoms with Gasteiger partial charge in [-0.3, -0.25) is 0 Å². The second kappa shape index (κ2) is 4.91. The average molecular weight is 283 g/mol. The highest BCUT2D eigenvalue weighted by molar-refractivity contribution is 5.52. The molecule has 2 aliphatic rings. The van der Waals surface area contributed by atoms with Crippen molar-refractivity contribution in [1.82, 2.24) is 9.97 Å². The predicted octanol–water partition coefficient (Wildman–Crippen LogP) is 1.87. The lowest BCUT2D eigenvalue weighted by atomic mass is 9.96. The van der Waals surface area contributed by atoms with Gasteiger partial charge in [0.15, 0.2) is 0 Å². The Labute approximate surface area is 116 Å². The number of aliphatic hydroxyl groups is 1. The molecule has 20 heavy (non-hydrogen) atoms. The molecule has 0 amide bonds. The van der Waals surface area contributed by atoms with Crippen molar-refractivity contribution in [3.8, 4) is 0 Å². The summed E-state index contributed by atoms with van der Waals surface area (Å²) in [5, 5.41) is 9.38. The Morgan fingerprint density at radius 3 is 2.80 bits per heavy atom. The number of anilines is 1. The maximum Gasteiger partial charge on any atom is 0.267 e. The highest BCUT2D eigenvalue weighted by atomic mass is 19.3. The van der Waals surface area contributed by atoms with Crippen molar-refractivity contribution in [2.24, 2.45) is 0 Å². The van der Waals surface area contributed by atoms with Crippen LogP contribution in [0.1, 0.15) is 36.3 Å². The molecular formula is C14H19F2N3O. The van der Waals surface area contributed by atoms with Gasteiger partial charge in [0.25, 0.3) is 5.92 Å². The van der Waals surface area contributed by atoms with E-state index in [0.29, 0.717) is 11.6 Å². The molecule has 1 aliphatic heterocycles. The van der Waals surface area contributed by atoms with E-state index in [0.717, 1.165) is 36.9 Å². The first-order valence-corrected chi connectivity index (χ1v) is 7.12. The summed E-state index contributed by atoms with van der Waals surface area (Å²) < 4.78 is 27.3. The van der Waals surface area contributed by atoms with Crippen molar-refractivity contribution in [3.05, 3.63) is 17.1 Å². The molecule has 1 aromatic rings. The van der Waals surface area contributed by atoms with Crippen LogP contribution in [0.15, 0.2) is 0 Å². The summed E-state index contributed by atoms with van der Waals surface area (Å²) in [5.74, 6) is -1.52. The Hall–Kier alpha value is -1.30. The summed E-state index contributed by atoms with van der Waals surface area (Å²) in [6, 6.07) is -0.551. The SMILES string of the molecule is Cc1nc2c(c(N3CC(F)(F)CC3CO)n1)CCCC2. The van der Waals surface area contributed by atoms with Crippen molar-refractivity contribution in [2.45, 2.75) is 51.0 Å². The van der Waals surface area contributed by atoms with Gasteiger partial charge in [-0.2, -0.15) is 0 Å². The molecule has 1 fully saturated rings. The monoisotopic (exact) mass is 283 g/mol. The lowest BCUT2D eigenvalue weighted by Gasteiger charge is -2.28. The number of alkyl halides is 2. The van der Waals surface area contributed by atoms with Crippen LogP contribution in [0.3, 0.4) is 0 Å². The van der Waals surface area contributed by atoms with Crippen LogP contribution in [-0.4, -0.2) is 40.2 Å². The van der Waals surface area contributed by atoms with E-state index in [4.69, 9.17) is 0 Å². The van der Waals surface area contributed by atoms with E-state index in [2.05, 4.69) is 9.97 Å². The molecule has 1 aliphatic carbocycles. The molecule has 0 spiro atoms. The van der Waals surface area contributed by atoms with Gasteiger partial charge in [0.2, 0.25) is 0 Å². The molecule has 0 saturated carbocycles. The lowest BCUT2D eigenvalue weighted by molar-refractivity contribution is 0.0201. The van der Waals surface area contributed by atoms with Crippen LogP contribution in [0.5, 0.6) is 0 Å². The second-order valence-corrected chi connectivity index (χ2v) is 5.75. The van der Waals surface area contributed by atoms with Crippen LogP contribution in [0.2, 0.25) is 0 Å². The summed E-state index contributed by atoms with van der Waals surface area (Å²) >= 11 is 0. The molecule has 0 aromatic carbocycles. The van der Waals surface area contributed by atoms with Crippen LogP contribution in [-0.2, 0) is 12.8 Å². The fraction of sp³-hybridized carbons (Fsp3) is 0.714. The van der Waals surface area contributed by atoms with Crippen LogP contribution < -0.4 is 4.90 Å². The maximum absolute atomic E-state index is 13.7. The lowest BCUT2D eigenvalue weighted by Crippen LogP contribution is -2.35. The van der Waals surface area contributed by atoms with Gasteiger partial charge in [0.05, 0.1) is 19.2 Å². The molecule has 6 heteroatoms. The number of halogens is 2. The van der Waals surface area contributed by atoms with Gasteiger partial charge in [-0.15, -0.1) is 0 Å². The molecular weight excluding hydrogens is 264 g/mol. The quantitative estimate of drug-likeness (QED) is 0.900. The third kappa shape index (κ3) is 2.37. The Morgan fingerprint density at radius 2 is 2.05 bits per heavy atom. The average Bonchev–Trinajstić information content (AvgIpc) is 2.73. The number of aryl methyl sites for hydroxylation is 2. The van der Waals surface area contributed by atoms with E-state index in [9.17, 15) is 13.9 Å². The molecule has 4 nitrogen and oxygen atoms in total. The van der Waals surface area contributed by atoms with Crippen molar-refractivity contribution in [2.75, 3.05) is 18.1 Å². The Kier molecular flexibility index (Phi) is 3.36. The van der Waals surface area contributed by atoms with Crippen LogP contribution in [0.4, 0.5) is 14.6 Å². The van der Waals surface area contributed by atoms with Crippen LogP contribution >= 0.6 is 0 Å². The van der Waals surface area contributed by atoms with Crippen molar-refractivity contribution in [1.29, 1.82) is 0 Å². The minimum atomic E-state index is -2.76. The van der Waals surface area contributed by atoms with Crippen molar-refractivity contribution in [3.63, 3.8) is 0 Å². The van der Waals surface area contributed by atoms with E-state index in [1.165, 1.54) is 0 Å². The number of hydrogen-bond donors (Lipinski definition) is 1. The summed E-state index contributed by atoms with van der Waals surface area (Å²) in [6.45, 7) is 1.16. The van der Waals surface area contributed by atoms with Crippen LogP contribution in [0.25, 0.3) is 0 Å². The fourth-order valence-electron chi connectivity index (χ4n) is 3.24. The number of fused-ring (bicyclic) bond motifs is 1. The number of aliphatic hydroxyl groups excluding tert-OH is 1. The normalized spacial score (nSPS) is 24.8. The van der Waals surface area contributed by atoms with E-state index in [1.54, 1.807) is 11.8 Å². The minimum absolute atomic E-state index is 0.270. The third-order valence-electron chi connectivity index (χ3n) is 4.13. The molecule has 0 bridgehead atoms. The maximum atomic E-state index is 13.7. The third-order valence-corrected chi connectivity index (χ3v) is 4.13. The van der Waals surface area contributed by atoms with E-state index in [1.807, 2.05) is 0 Å². The van der Waals surface area contributed by atoms with Gasteiger partial charge < -0.3 is 10.0 Å². The van der Waals surface area contributed by atoms with E-state index >= 15 is 0 Å². The predicted molar refractivity (Wildman–Crippen MR) is 71.2 cm³/mol. The Bertz CT molecular complexity index is 521. The zero-order valence-corrected chi connectivity index (χ0v) is 11.6. The first kappa shape index (κ1) is 13.7. The largest absolute Gasteiger partial charge is 0.394 e. The van der Waals surface area contributed by atoms with Gasteiger partial charge in [-0.1, -0.05) is 0 Å². The van der Waals surface area contributed by atoms with E-state index in [-0.39, 0.29) is 19.6 Å². The van der Waals surface area contributed by atoms with Gasteiger partial charge in [0.1, 0.15) is 11.6 Å². The molecule has 1 N–H and O–H groups in total. The first-order chi connectivity index (χ1) is 9.50. The summed E-state index contributed by atoms with van der Waals surface area (Å²) in [6.07, 6.45) is 3.55. The van der Waals surface area contributed by atoms with Crippen molar-refractivity contribution >= 4 is 5.82 Å². The standard InChI is InChI=1S/C14H19F2N3O/c1-9-17-12-5-3-2-4-11(12)13(18-9)19-8-14(15,16)6-10(19)7-20/h10,20H,2-8H2,1H3. The number of nitrogens with zero attached hydrogens (tertiary/aromatic N) is 3. The molecule has 1 atom stereocenters. The minimum Gasteiger partial charge on any atom is -0.394 e. The van der Waals surface area contributed by atoms with E-state index < -0.39 is 12.0 Å². The Balaban J connectivity index is 2.03. The molecule has 1 aromatic heterocycles. The summed E-state index contributed by atoms with van der Waals surface area (Å²) in [5.41, 5.74) is 1.99. The number of aromatic nitrogens is 2. The fourth-order valence-corrected chi connectivity index (χ4v) is 3.24. The van der Waals surface area contributed by atoms with Gasteiger partial charge >= 0.3 is 0 Å². The zero-order chi connectivity index (χ0) is 14.3. The molecule has 2 heterocycles. The second-order valence-electron chi connectivity index (χ2n) is 5.75. The molecule has 110 valence electrons. The van der Waals surface area contributed by atoms with Crippen molar-refractivity contribution < 1.29 is 13.9 Å². The highest BCUT2D eigenvalue weighted by Crippen LogP contribution is 2.37. The smallest absolute Gasteiger partial charge is 0.267 e. The molecule has 3 rings (SSSR count). The summed E-state index contributed by atoms with van der Waals surface area (Å²) in [7, 11) is 0. The van der Waals surface area contributed by atoms with Crippen LogP contribution in [0, 0.1) is 6.92 Å². The zero-order valence-electron chi connectivity index (χ0n) is 11.6. The summed E-state index contributed by atoms with van der Waals surface area (Å²) in [4.78, 5) is 10.4. The topological polar surface area (TPSA) is 49.2 Å². The number of rotatable bonds is 2.